The Morgan fingerprint density at radius 3 is 1.32 bits per heavy atom. The summed E-state index contributed by atoms with van der Waals surface area (Å²) in [6.07, 6.45) is 25.3. The second kappa shape index (κ2) is 13.9. The standard InChI is InChI=1S/C21H39N/c1-3-5-7-9-10-11-13-15-17-21-19-22-18-20(21)16-14-12-8-6-4-2/h18-19,22H,3-17H2,1-2H3. The molecule has 128 valence electrons. The predicted molar refractivity (Wildman–Crippen MR) is 99.6 cm³/mol. The highest BCUT2D eigenvalue weighted by atomic mass is 14.6. The van der Waals surface area contributed by atoms with Crippen LogP contribution in [0.1, 0.15) is 108 Å². The van der Waals surface area contributed by atoms with Gasteiger partial charge in [-0.05, 0) is 36.8 Å². The van der Waals surface area contributed by atoms with Gasteiger partial charge in [-0.1, -0.05) is 84.5 Å². The van der Waals surface area contributed by atoms with Crippen LogP contribution in [-0.2, 0) is 12.8 Å². The minimum Gasteiger partial charge on any atom is -0.367 e. The number of aryl methyl sites for hydroxylation is 2. The number of aromatic amines is 1. The van der Waals surface area contributed by atoms with Crippen LogP contribution >= 0.6 is 0 Å². The van der Waals surface area contributed by atoms with Crippen molar-refractivity contribution >= 4 is 0 Å². The van der Waals surface area contributed by atoms with Crippen molar-refractivity contribution in [1.29, 1.82) is 0 Å². The Kier molecular flexibility index (Phi) is 12.2. The number of unbranched alkanes of at least 4 members (excludes halogenated alkanes) is 11. The van der Waals surface area contributed by atoms with Crippen LogP contribution in [-0.4, -0.2) is 4.98 Å². The normalized spacial score (nSPS) is 11.2. The van der Waals surface area contributed by atoms with Crippen LogP contribution < -0.4 is 0 Å². The van der Waals surface area contributed by atoms with Crippen LogP contribution in [0.3, 0.4) is 0 Å². The van der Waals surface area contributed by atoms with Crippen LogP contribution in [0.5, 0.6) is 0 Å². The fraction of sp³-hybridized carbons (Fsp3) is 0.810. The molecule has 1 nitrogen and oxygen atoms in total. The molecule has 0 aromatic carbocycles. The predicted octanol–water partition coefficient (Wildman–Crippen LogP) is 7.21. The maximum absolute atomic E-state index is 3.33. The third kappa shape index (κ3) is 9.33. The Balaban J connectivity index is 2.04. The van der Waals surface area contributed by atoms with Gasteiger partial charge >= 0.3 is 0 Å². The second-order valence-electron chi connectivity index (χ2n) is 6.89. The minimum atomic E-state index is 1.28. The first-order valence-corrected chi connectivity index (χ1v) is 10.0. The number of hydrogen-bond acceptors (Lipinski definition) is 0. The molecule has 0 radical (unpaired) electrons. The third-order valence-corrected chi connectivity index (χ3v) is 4.78. The summed E-state index contributed by atoms with van der Waals surface area (Å²) in [5.74, 6) is 0. The van der Waals surface area contributed by atoms with E-state index >= 15 is 0 Å². The molecule has 0 saturated carbocycles. The molecule has 1 rings (SSSR count). The Bertz CT molecular complexity index is 339. The molecule has 0 amide bonds. The van der Waals surface area contributed by atoms with Gasteiger partial charge in [-0.15, -0.1) is 0 Å². The summed E-state index contributed by atoms with van der Waals surface area (Å²) in [7, 11) is 0. The van der Waals surface area contributed by atoms with Gasteiger partial charge in [-0.3, -0.25) is 0 Å². The van der Waals surface area contributed by atoms with Gasteiger partial charge in [0.25, 0.3) is 0 Å². The Morgan fingerprint density at radius 1 is 0.545 bits per heavy atom. The van der Waals surface area contributed by atoms with Crippen LogP contribution in [0.2, 0.25) is 0 Å². The first-order chi connectivity index (χ1) is 10.9. The van der Waals surface area contributed by atoms with Crippen LogP contribution in [0, 0.1) is 0 Å². The molecule has 0 aliphatic heterocycles. The highest BCUT2D eigenvalue weighted by Gasteiger charge is 2.03. The zero-order chi connectivity index (χ0) is 15.9. The van der Waals surface area contributed by atoms with Gasteiger partial charge in [-0.2, -0.15) is 0 Å². The molecule has 0 unspecified atom stereocenters. The maximum atomic E-state index is 3.33. The van der Waals surface area contributed by atoms with Gasteiger partial charge in [0.15, 0.2) is 0 Å². The van der Waals surface area contributed by atoms with Crippen molar-refractivity contribution in [3.05, 3.63) is 23.5 Å². The van der Waals surface area contributed by atoms with E-state index in [0.29, 0.717) is 0 Å². The van der Waals surface area contributed by atoms with Gasteiger partial charge in [0.05, 0.1) is 0 Å². The molecule has 0 bridgehead atoms. The van der Waals surface area contributed by atoms with Gasteiger partial charge < -0.3 is 4.98 Å². The molecule has 1 heterocycles. The Hall–Kier alpha value is -0.720. The molecule has 1 aromatic rings. The molecular weight excluding hydrogens is 266 g/mol. The van der Waals surface area contributed by atoms with Crippen molar-refractivity contribution in [2.75, 3.05) is 0 Å². The lowest BCUT2D eigenvalue weighted by Gasteiger charge is -2.05. The maximum Gasteiger partial charge on any atom is 0.00401 e. The fourth-order valence-electron chi connectivity index (χ4n) is 3.26. The fourth-order valence-corrected chi connectivity index (χ4v) is 3.26. The molecule has 22 heavy (non-hydrogen) atoms. The number of H-pyrrole nitrogens is 1. The summed E-state index contributed by atoms with van der Waals surface area (Å²) >= 11 is 0. The van der Waals surface area contributed by atoms with Crippen molar-refractivity contribution in [1.82, 2.24) is 4.98 Å². The molecule has 1 aromatic heterocycles. The van der Waals surface area contributed by atoms with Crippen LogP contribution in [0.25, 0.3) is 0 Å². The Labute approximate surface area is 139 Å². The Morgan fingerprint density at radius 2 is 0.909 bits per heavy atom. The SMILES string of the molecule is CCCCCCCCCCc1c[nH]cc1CCCCCCC. The second-order valence-corrected chi connectivity index (χ2v) is 6.89. The number of aromatic nitrogens is 1. The van der Waals surface area contributed by atoms with E-state index in [1.165, 1.54) is 96.3 Å². The van der Waals surface area contributed by atoms with E-state index in [9.17, 15) is 0 Å². The first kappa shape index (κ1) is 19.3. The van der Waals surface area contributed by atoms with E-state index in [1.807, 2.05) is 0 Å². The summed E-state index contributed by atoms with van der Waals surface area (Å²) in [4.78, 5) is 3.33. The molecular formula is C21H39N. The topological polar surface area (TPSA) is 15.8 Å². The zero-order valence-electron chi connectivity index (χ0n) is 15.3. The quantitative estimate of drug-likeness (QED) is 0.329. The van der Waals surface area contributed by atoms with E-state index in [2.05, 4.69) is 31.2 Å². The monoisotopic (exact) mass is 305 g/mol. The smallest absolute Gasteiger partial charge is 0.00401 e. The zero-order valence-corrected chi connectivity index (χ0v) is 15.3. The average Bonchev–Trinajstić information content (AvgIpc) is 2.97. The molecule has 1 N–H and O–H groups in total. The first-order valence-electron chi connectivity index (χ1n) is 10.0. The van der Waals surface area contributed by atoms with E-state index in [4.69, 9.17) is 0 Å². The molecule has 0 aliphatic rings. The summed E-state index contributed by atoms with van der Waals surface area (Å²) in [6, 6.07) is 0. The summed E-state index contributed by atoms with van der Waals surface area (Å²) in [5, 5.41) is 0. The summed E-state index contributed by atoms with van der Waals surface area (Å²) in [5.41, 5.74) is 3.17. The minimum absolute atomic E-state index is 1.28. The third-order valence-electron chi connectivity index (χ3n) is 4.78. The van der Waals surface area contributed by atoms with E-state index in [1.54, 1.807) is 11.1 Å². The van der Waals surface area contributed by atoms with Crippen molar-refractivity contribution < 1.29 is 0 Å². The van der Waals surface area contributed by atoms with Crippen molar-refractivity contribution in [2.24, 2.45) is 0 Å². The summed E-state index contributed by atoms with van der Waals surface area (Å²) < 4.78 is 0. The lowest BCUT2D eigenvalue weighted by atomic mass is 10.0. The lowest BCUT2D eigenvalue weighted by molar-refractivity contribution is 0.574. The van der Waals surface area contributed by atoms with Crippen molar-refractivity contribution in [2.45, 2.75) is 110 Å². The molecule has 0 saturated heterocycles. The molecule has 0 spiro atoms. The van der Waals surface area contributed by atoms with Gasteiger partial charge in [0, 0.05) is 12.4 Å². The highest BCUT2D eigenvalue weighted by molar-refractivity contribution is 5.23. The molecule has 1 heteroatoms. The number of rotatable bonds is 15. The van der Waals surface area contributed by atoms with E-state index < -0.39 is 0 Å². The van der Waals surface area contributed by atoms with Gasteiger partial charge in [-0.25, -0.2) is 0 Å². The number of nitrogens with one attached hydrogen (secondary N) is 1. The highest BCUT2D eigenvalue weighted by Crippen LogP contribution is 2.17. The molecule has 0 atom stereocenters. The van der Waals surface area contributed by atoms with Crippen LogP contribution in [0.4, 0.5) is 0 Å². The average molecular weight is 306 g/mol. The van der Waals surface area contributed by atoms with Crippen molar-refractivity contribution in [3.8, 4) is 0 Å². The van der Waals surface area contributed by atoms with Gasteiger partial charge in [0.1, 0.15) is 0 Å². The lowest BCUT2D eigenvalue weighted by Crippen LogP contribution is -1.92. The largest absolute Gasteiger partial charge is 0.367 e. The molecule has 0 aliphatic carbocycles. The summed E-state index contributed by atoms with van der Waals surface area (Å²) in [6.45, 7) is 4.58. The van der Waals surface area contributed by atoms with Gasteiger partial charge in [0.2, 0.25) is 0 Å². The van der Waals surface area contributed by atoms with Crippen LogP contribution in [0.15, 0.2) is 12.4 Å². The van der Waals surface area contributed by atoms with E-state index in [-0.39, 0.29) is 0 Å². The number of hydrogen-bond donors (Lipinski definition) is 1. The molecule has 0 fully saturated rings. The van der Waals surface area contributed by atoms with Crippen molar-refractivity contribution in [3.63, 3.8) is 0 Å². The van der Waals surface area contributed by atoms with E-state index in [0.717, 1.165) is 0 Å².